The Balaban J connectivity index is 0.00000450. The molecule has 0 heterocycles. The molecule has 0 saturated carbocycles. The van der Waals surface area contributed by atoms with Crippen molar-refractivity contribution in [1.82, 2.24) is 7.60 Å². The molecule has 2 aromatic carbocycles. The molecular weight excluding hydrogens is 434 g/mol. The van der Waals surface area contributed by atoms with E-state index in [4.69, 9.17) is 0 Å². The summed E-state index contributed by atoms with van der Waals surface area (Å²) in [7, 11) is 0. The molecule has 0 unspecified atom stereocenters. The Morgan fingerprint density at radius 3 is 1.35 bits per heavy atom. The SMILES string of the molecule is CCCc1ccc(C(=O)[NH][Ti+2][NH]C(=O)c2ccc(CCC)c(C)c2C)c(C)c1C.[F-].[F-]. The van der Waals surface area contributed by atoms with Gasteiger partial charge in [-0.3, -0.25) is 0 Å². The molecule has 0 atom stereocenters. The molecule has 2 amide bonds. The van der Waals surface area contributed by atoms with Crippen molar-refractivity contribution >= 4 is 11.8 Å². The monoisotopic (exact) mass is 466 g/mol. The van der Waals surface area contributed by atoms with Crippen molar-refractivity contribution in [2.45, 2.75) is 67.2 Å². The maximum Gasteiger partial charge on any atom is -1.00 e. The predicted octanol–water partition coefficient (Wildman–Crippen LogP) is -1.09. The summed E-state index contributed by atoms with van der Waals surface area (Å²) in [6.45, 7) is 12.4. The van der Waals surface area contributed by atoms with Crippen LogP contribution in [0.3, 0.4) is 0 Å². The fourth-order valence-corrected chi connectivity index (χ4v) is 4.48. The van der Waals surface area contributed by atoms with E-state index in [2.05, 4.69) is 35.3 Å². The van der Waals surface area contributed by atoms with Crippen LogP contribution < -0.4 is 17.0 Å². The van der Waals surface area contributed by atoms with Gasteiger partial charge in [-0.2, -0.15) is 0 Å². The Labute approximate surface area is 193 Å². The van der Waals surface area contributed by atoms with Gasteiger partial charge in [0.1, 0.15) is 0 Å². The molecule has 0 fully saturated rings. The van der Waals surface area contributed by atoms with E-state index in [0.717, 1.165) is 36.8 Å². The average Bonchev–Trinajstić information content (AvgIpc) is 2.69. The Bertz CT molecular complexity index is 843. The number of carbonyl (C=O) groups excluding carboxylic acids is 2. The Hall–Kier alpha value is -2.05. The third kappa shape index (κ3) is 6.98. The van der Waals surface area contributed by atoms with E-state index < -0.39 is 19.7 Å². The molecule has 0 aliphatic rings. The van der Waals surface area contributed by atoms with Crippen molar-refractivity contribution in [3.05, 3.63) is 68.8 Å². The van der Waals surface area contributed by atoms with Crippen LogP contribution in [0, 0.1) is 27.7 Å². The Morgan fingerprint density at radius 1 is 0.677 bits per heavy atom. The molecule has 2 rings (SSSR count). The fourth-order valence-electron chi connectivity index (χ4n) is 3.61. The molecule has 0 radical (unpaired) electrons. The first-order valence-electron chi connectivity index (χ1n) is 10.4. The number of carbonyl (C=O) groups is 2. The van der Waals surface area contributed by atoms with Gasteiger partial charge in [-0.15, -0.1) is 0 Å². The molecule has 31 heavy (non-hydrogen) atoms. The van der Waals surface area contributed by atoms with Gasteiger partial charge in [0.15, 0.2) is 0 Å². The summed E-state index contributed by atoms with van der Waals surface area (Å²) in [6.07, 6.45) is 4.22. The Kier molecular flexibility index (Phi) is 12.5. The molecule has 0 saturated heterocycles. The largest absolute Gasteiger partial charge is 1.00 e. The van der Waals surface area contributed by atoms with Crippen molar-refractivity contribution in [2.75, 3.05) is 0 Å². The molecule has 0 bridgehead atoms. The van der Waals surface area contributed by atoms with E-state index in [1.165, 1.54) is 22.3 Å². The van der Waals surface area contributed by atoms with Crippen LogP contribution in [0.2, 0.25) is 0 Å². The van der Waals surface area contributed by atoms with E-state index in [1.807, 2.05) is 38.1 Å². The molecule has 2 N–H and O–H groups in total. The fraction of sp³-hybridized carbons (Fsp3) is 0.417. The smallest absolute Gasteiger partial charge is 1.00 e. The number of nitrogens with one attached hydrogen (secondary N) is 2. The predicted molar refractivity (Wildman–Crippen MR) is 115 cm³/mol. The minimum absolute atomic E-state index is 0. The van der Waals surface area contributed by atoms with Crippen molar-refractivity contribution in [3.8, 4) is 0 Å². The average molecular weight is 466 g/mol. The van der Waals surface area contributed by atoms with E-state index in [1.54, 1.807) is 0 Å². The van der Waals surface area contributed by atoms with Crippen LogP contribution >= 0.6 is 0 Å². The van der Waals surface area contributed by atoms with Crippen LogP contribution in [-0.2, 0) is 32.5 Å². The zero-order valence-corrected chi connectivity index (χ0v) is 20.8. The standard InChI is InChI=1S/2C12H17NO.2FH.Ti/c2*1-4-5-10-6-7-11(12(13)14)9(3)8(10)2;;;/h2*6-7H,4-5H2,1-3H3,(H2,13,14);2*1H;/q;;;;+4/p-4. The first-order valence-corrected chi connectivity index (χ1v) is 11.9. The molecule has 0 aliphatic carbocycles. The molecule has 4 nitrogen and oxygen atoms in total. The normalized spacial score (nSPS) is 9.74. The molecule has 0 aliphatic heterocycles. The third-order valence-electron chi connectivity index (χ3n) is 5.68. The van der Waals surface area contributed by atoms with E-state index in [9.17, 15) is 9.59 Å². The zero-order chi connectivity index (χ0) is 21.6. The minimum atomic E-state index is -1.13. The molecule has 0 spiro atoms. The molecule has 168 valence electrons. The number of benzene rings is 2. The second kappa shape index (κ2) is 13.4. The van der Waals surface area contributed by atoms with Gasteiger partial charge in [0.25, 0.3) is 0 Å². The molecule has 7 heteroatoms. The van der Waals surface area contributed by atoms with Gasteiger partial charge in [0, 0.05) is 0 Å². The summed E-state index contributed by atoms with van der Waals surface area (Å²) in [5, 5.41) is 0. The summed E-state index contributed by atoms with van der Waals surface area (Å²) in [4.78, 5) is 25.2. The maximum atomic E-state index is 12.6. The second-order valence-corrected chi connectivity index (χ2v) is 8.75. The first-order chi connectivity index (χ1) is 13.8. The summed E-state index contributed by atoms with van der Waals surface area (Å²) >= 11 is -1.13. The van der Waals surface area contributed by atoms with Gasteiger partial charge in [-0.1, -0.05) is 0 Å². The molecule has 0 aromatic heterocycles. The van der Waals surface area contributed by atoms with Gasteiger partial charge in [0.05, 0.1) is 0 Å². The van der Waals surface area contributed by atoms with Gasteiger partial charge in [0.2, 0.25) is 0 Å². The topological polar surface area (TPSA) is 58.2 Å². The number of hydrogen-bond donors (Lipinski definition) is 2. The summed E-state index contributed by atoms with van der Waals surface area (Å²) in [5.74, 6) is -0.222. The summed E-state index contributed by atoms with van der Waals surface area (Å²) < 4.78 is 5.88. The van der Waals surface area contributed by atoms with Crippen LogP contribution in [-0.4, -0.2) is 11.8 Å². The van der Waals surface area contributed by atoms with Crippen molar-refractivity contribution in [1.29, 1.82) is 0 Å². The molecular formula is C24H32F2N2O2Ti. The number of hydrogen-bond acceptors (Lipinski definition) is 2. The Morgan fingerprint density at radius 2 is 1.03 bits per heavy atom. The number of aryl methyl sites for hydroxylation is 2. The second-order valence-electron chi connectivity index (χ2n) is 7.58. The first kappa shape index (κ1) is 29.0. The van der Waals surface area contributed by atoms with Gasteiger partial charge in [-0.05, 0) is 0 Å². The van der Waals surface area contributed by atoms with Gasteiger partial charge >= 0.3 is 185 Å². The quantitative estimate of drug-likeness (QED) is 0.486. The van der Waals surface area contributed by atoms with Gasteiger partial charge in [-0.25, -0.2) is 0 Å². The van der Waals surface area contributed by atoms with Gasteiger partial charge < -0.3 is 9.41 Å². The third-order valence-corrected chi connectivity index (χ3v) is 6.78. The van der Waals surface area contributed by atoms with Crippen LogP contribution in [0.15, 0.2) is 24.3 Å². The van der Waals surface area contributed by atoms with E-state index in [0.29, 0.717) is 11.1 Å². The van der Waals surface area contributed by atoms with E-state index in [-0.39, 0.29) is 21.2 Å². The van der Waals surface area contributed by atoms with Crippen molar-refractivity contribution < 1.29 is 38.7 Å². The van der Waals surface area contributed by atoms with Crippen molar-refractivity contribution in [3.63, 3.8) is 0 Å². The maximum absolute atomic E-state index is 12.6. The number of halogens is 2. The van der Waals surface area contributed by atoms with Crippen LogP contribution in [0.1, 0.15) is 80.8 Å². The van der Waals surface area contributed by atoms with Crippen LogP contribution in [0.4, 0.5) is 0 Å². The zero-order valence-electron chi connectivity index (χ0n) is 19.2. The number of rotatable bonds is 8. The number of amides is 2. The summed E-state index contributed by atoms with van der Waals surface area (Å²) in [5.41, 5.74) is 8.37. The minimum Gasteiger partial charge on any atom is -1.00 e. The van der Waals surface area contributed by atoms with E-state index >= 15 is 0 Å². The van der Waals surface area contributed by atoms with Crippen LogP contribution in [0.5, 0.6) is 0 Å². The van der Waals surface area contributed by atoms with Crippen LogP contribution in [0.25, 0.3) is 0 Å². The summed E-state index contributed by atoms with van der Waals surface area (Å²) in [6, 6.07) is 7.89. The van der Waals surface area contributed by atoms with Crippen molar-refractivity contribution in [2.24, 2.45) is 0 Å². The molecule has 2 aromatic rings.